The van der Waals surface area contributed by atoms with Crippen molar-refractivity contribution >= 4 is 5.91 Å². The van der Waals surface area contributed by atoms with E-state index in [0.717, 1.165) is 42.5 Å². The largest absolute Gasteiger partial charge is 0.396 e. The van der Waals surface area contributed by atoms with Gasteiger partial charge in [-0.3, -0.25) is 9.59 Å². The first kappa shape index (κ1) is 17.4. The number of pyridine rings is 1. The number of aromatic nitrogens is 1. The molecule has 0 spiro atoms. The summed E-state index contributed by atoms with van der Waals surface area (Å²) in [5.74, 6) is -0.360. The molecule has 1 heterocycles. The Hall–Kier alpha value is -2.40. The molecular weight excluding hydrogens is 316 g/mol. The number of hydrogen-bond donors (Lipinski definition) is 3. The van der Waals surface area contributed by atoms with Crippen molar-refractivity contribution in [2.75, 3.05) is 6.61 Å². The molecule has 5 nitrogen and oxygen atoms in total. The van der Waals surface area contributed by atoms with Crippen LogP contribution in [-0.4, -0.2) is 22.6 Å². The average Bonchev–Trinajstić information content (AvgIpc) is 2.65. The molecule has 2 aromatic rings. The number of fused-ring (bicyclic) bond motifs is 1. The highest BCUT2D eigenvalue weighted by atomic mass is 16.3. The van der Waals surface area contributed by atoms with Gasteiger partial charge in [-0.25, -0.2) is 0 Å². The van der Waals surface area contributed by atoms with Crippen molar-refractivity contribution < 1.29 is 9.90 Å². The maximum atomic E-state index is 12.7. The van der Waals surface area contributed by atoms with Gasteiger partial charge in [-0.15, -0.1) is 0 Å². The number of aliphatic hydroxyl groups is 1. The van der Waals surface area contributed by atoms with Crippen LogP contribution in [0.1, 0.15) is 58.9 Å². The molecule has 3 rings (SSSR count). The van der Waals surface area contributed by atoms with Crippen LogP contribution >= 0.6 is 0 Å². The van der Waals surface area contributed by atoms with Crippen LogP contribution < -0.4 is 10.9 Å². The van der Waals surface area contributed by atoms with Crippen LogP contribution in [-0.2, 0) is 12.8 Å². The molecule has 0 fully saturated rings. The van der Waals surface area contributed by atoms with Crippen LogP contribution in [0.5, 0.6) is 0 Å². The molecule has 0 radical (unpaired) electrons. The van der Waals surface area contributed by atoms with Crippen LogP contribution in [0.15, 0.2) is 41.2 Å². The van der Waals surface area contributed by atoms with E-state index in [-0.39, 0.29) is 29.7 Å². The summed E-state index contributed by atoms with van der Waals surface area (Å²) in [6, 6.07) is 11.2. The summed E-state index contributed by atoms with van der Waals surface area (Å²) in [6.45, 7) is 0.0681. The molecule has 1 aliphatic rings. The fraction of sp³-hybridized carbons (Fsp3) is 0.400. The Balaban J connectivity index is 1.82. The lowest BCUT2D eigenvalue weighted by Crippen LogP contribution is -2.34. The van der Waals surface area contributed by atoms with Crippen molar-refractivity contribution in [2.24, 2.45) is 0 Å². The Morgan fingerprint density at radius 2 is 1.96 bits per heavy atom. The van der Waals surface area contributed by atoms with Crippen molar-refractivity contribution in [3.05, 3.63) is 69.1 Å². The summed E-state index contributed by atoms with van der Waals surface area (Å²) < 4.78 is 0. The second-order valence-corrected chi connectivity index (χ2v) is 6.53. The van der Waals surface area contributed by atoms with Gasteiger partial charge in [0, 0.05) is 12.3 Å². The smallest absolute Gasteiger partial charge is 0.261 e. The number of carbonyl (C=O) groups is 1. The molecule has 1 aromatic heterocycles. The standard InChI is InChI=1S/C20H24N2O3/c23-12-6-11-17(14-7-2-1-3-8-14)21-19(24)16-13-15-9-4-5-10-18(15)22-20(16)25/h1-3,7-8,13,17,23H,4-6,9-12H2,(H,21,24)(H,22,25). The topological polar surface area (TPSA) is 82.2 Å². The maximum absolute atomic E-state index is 12.7. The number of carbonyl (C=O) groups excluding carboxylic acids is 1. The van der Waals surface area contributed by atoms with Gasteiger partial charge in [0.25, 0.3) is 11.5 Å². The number of nitrogens with one attached hydrogen (secondary N) is 2. The molecule has 1 amide bonds. The summed E-state index contributed by atoms with van der Waals surface area (Å²) >= 11 is 0. The lowest BCUT2D eigenvalue weighted by Gasteiger charge is -2.20. The third-order valence-corrected chi connectivity index (χ3v) is 4.74. The first-order chi connectivity index (χ1) is 12.2. The molecule has 5 heteroatoms. The van der Waals surface area contributed by atoms with E-state index in [0.29, 0.717) is 12.8 Å². The van der Waals surface area contributed by atoms with Crippen LogP contribution in [0.3, 0.4) is 0 Å². The van der Waals surface area contributed by atoms with Crippen molar-refractivity contribution in [1.29, 1.82) is 0 Å². The van der Waals surface area contributed by atoms with E-state index >= 15 is 0 Å². The Bertz CT molecular complexity index is 783. The number of aryl methyl sites for hydroxylation is 2. The van der Waals surface area contributed by atoms with Crippen molar-refractivity contribution in [1.82, 2.24) is 10.3 Å². The lowest BCUT2D eigenvalue weighted by atomic mass is 9.94. The van der Waals surface area contributed by atoms with Crippen molar-refractivity contribution in [2.45, 2.75) is 44.6 Å². The molecule has 1 atom stereocenters. The Labute approximate surface area is 147 Å². The monoisotopic (exact) mass is 340 g/mol. The zero-order valence-electron chi connectivity index (χ0n) is 14.3. The van der Waals surface area contributed by atoms with Gasteiger partial charge in [0.05, 0.1) is 6.04 Å². The molecule has 0 aliphatic heterocycles. The van der Waals surface area contributed by atoms with E-state index in [1.165, 1.54) is 0 Å². The van der Waals surface area contributed by atoms with Crippen molar-refractivity contribution in [3.63, 3.8) is 0 Å². The van der Waals surface area contributed by atoms with Crippen LogP contribution in [0.2, 0.25) is 0 Å². The molecule has 0 bridgehead atoms. The molecule has 1 aliphatic carbocycles. The zero-order chi connectivity index (χ0) is 17.6. The third kappa shape index (κ3) is 4.17. The second-order valence-electron chi connectivity index (χ2n) is 6.53. The average molecular weight is 340 g/mol. The molecular formula is C20H24N2O3. The van der Waals surface area contributed by atoms with Gasteiger partial charge >= 0.3 is 0 Å². The number of rotatable bonds is 6. The minimum atomic E-state index is -0.360. The summed E-state index contributed by atoms with van der Waals surface area (Å²) in [5, 5.41) is 12.1. The highest BCUT2D eigenvalue weighted by molar-refractivity contribution is 5.94. The van der Waals surface area contributed by atoms with Crippen LogP contribution in [0, 0.1) is 0 Å². The first-order valence-corrected chi connectivity index (χ1v) is 8.91. The molecule has 0 saturated heterocycles. The van der Waals surface area contributed by atoms with Gasteiger partial charge < -0.3 is 15.4 Å². The van der Waals surface area contributed by atoms with E-state index in [1.807, 2.05) is 30.3 Å². The zero-order valence-corrected chi connectivity index (χ0v) is 14.3. The fourth-order valence-corrected chi connectivity index (χ4v) is 3.38. The predicted molar refractivity (Wildman–Crippen MR) is 96.7 cm³/mol. The lowest BCUT2D eigenvalue weighted by molar-refractivity contribution is 0.0930. The quantitative estimate of drug-likeness (QED) is 0.755. The van der Waals surface area contributed by atoms with Crippen LogP contribution in [0.25, 0.3) is 0 Å². The molecule has 132 valence electrons. The summed E-state index contributed by atoms with van der Waals surface area (Å²) in [6.07, 6.45) is 5.14. The summed E-state index contributed by atoms with van der Waals surface area (Å²) in [7, 11) is 0. The van der Waals surface area contributed by atoms with Gasteiger partial charge in [0.2, 0.25) is 0 Å². The van der Waals surface area contributed by atoms with Gasteiger partial charge in [0.1, 0.15) is 5.56 Å². The fourth-order valence-electron chi connectivity index (χ4n) is 3.38. The second kappa shape index (κ2) is 8.12. The molecule has 25 heavy (non-hydrogen) atoms. The maximum Gasteiger partial charge on any atom is 0.261 e. The molecule has 3 N–H and O–H groups in total. The number of aromatic amines is 1. The normalized spacial score (nSPS) is 14.6. The summed E-state index contributed by atoms with van der Waals surface area (Å²) in [5.41, 5.74) is 2.85. The molecule has 0 saturated carbocycles. The predicted octanol–water partition coefficient (Wildman–Crippen LogP) is 2.50. The van der Waals surface area contributed by atoms with E-state index in [4.69, 9.17) is 5.11 Å². The number of benzene rings is 1. The molecule has 1 aromatic carbocycles. The minimum Gasteiger partial charge on any atom is -0.396 e. The Morgan fingerprint density at radius 3 is 2.72 bits per heavy atom. The Morgan fingerprint density at radius 1 is 1.20 bits per heavy atom. The third-order valence-electron chi connectivity index (χ3n) is 4.74. The minimum absolute atomic E-state index is 0.0681. The molecule has 1 unspecified atom stereocenters. The Kier molecular flexibility index (Phi) is 5.66. The van der Waals surface area contributed by atoms with Gasteiger partial charge in [-0.1, -0.05) is 30.3 Å². The van der Waals surface area contributed by atoms with Crippen LogP contribution in [0.4, 0.5) is 0 Å². The SMILES string of the molecule is O=C(NC(CCCO)c1ccccc1)c1cc2c([nH]c1=O)CCCC2. The first-order valence-electron chi connectivity index (χ1n) is 8.91. The number of amides is 1. The summed E-state index contributed by atoms with van der Waals surface area (Å²) in [4.78, 5) is 27.9. The highest BCUT2D eigenvalue weighted by Crippen LogP contribution is 2.21. The van der Waals surface area contributed by atoms with Gasteiger partial charge in [-0.2, -0.15) is 0 Å². The number of aliphatic hydroxyl groups excluding tert-OH is 1. The van der Waals surface area contributed by atoms with Crippen molar-refractivity contribution in [3.8, 4) is 0 Å². The van der Waals surface area contributed by atoms with E-state index in [2.05, 4.69) is 10.3 Å². The van der Waals surface area contributed by atoms with E-state index < -0.39 is 0 Å². The number of H-pyrrole nitrogens is 1. The van der Waals surface area contributed by atoms with Gasteiger partial charge in [-0.05, 0) is 55.7 Å². The van der Waals surface area contributed by atoms with E-state index in [9.17, 15) is 9.59 Å². The highest BCUT2D eigenvalue weighted by Gasteiger charge is 2.20. The van der Waals surface area contributed by atoms with Gasteiger partial charge in [0.15, 0.2) is 0 Å². The number of hydrogen-bond acceptors (Lipinski definition) is 3. The van der Waals surface area contributed by atoms with E-state index in [1.54, 1.807) is 6.07 Å².